The lowest BCUT2D eigenvalue weighted by atomic mass is 9.74. The molecule has 2 aromatic carbocycles. The topological polar surface area (TPSA) is 40.5 Å². The molecule has 1 heterocycles. The highest BCUT2D eigenvalue weighted by Gasteiger charge is 2.42. The van der Waals surface area contributed by atoms with Crippen molar-refractivity contribution in [3.05, 3.63) is 112 Å². The monoisotopic (exact) mass is 523 g/mol. The number of unbranched alkanes of at least 4 members (excludes halogenated alkanes) is 5. The van der Waals surface area contributed by atoms with Gasteiger partial charge in [0.1, 0.15) is 5.76 Å². The van der Waals surface area contributed by atoms with Crippen LogP contribution in [0.2, 0.25) is 0 Å². The van der Waals surface area contributed by atoms with Crippen molar-refractivity contribution in [1.82, 2.24) is 0 Å². The predicted molar refractivity (Wildman–Crippen MR) is 164 cm³/mol. The van der Waals surface area contributed by atoms with Gasteiger partial charge < -0.3 is 10.0 Å². The van der Waals surface area contributed by atoms with Gasteiger partial charge in [-0.3, -0.25) is 4.79 Å². The van der Waals surface area contributed by atoms with Crippen LogP contribution in [0.15, 0.2) is 95.4 Å². The minimum Gasteiger partial charge on any atom is -0.506 e. The number of allylic oxidation sites excluding steroid dienone is 6. The van der Waals surface area contributed by atoms with Crippen molar-refractivity contribution in [3.63, 3.8) is 0 Å². The predicted octanol–water partition coefficient (Wildman–Crippen LogP) is 9.19. The molecule has 0 bridgehead atoms. The lowest BCUT2D eigenvalue weighted by Crippen LogP contribution is -2.30. The van der Waals surface area contributed by atoms with Crippen LogP contribution in [0, 0.1) is 6.92 Å². The largest absolute Gasteiger partial charge is 0.506 e. The standard InChI is InChI=1S/C36H45NO2/c1-8-9-10-11-12-17-22-37-31-21-16-15-20-30(31)36(6,7)32(37)24-28-33(38)27(34(28)39)23-26(3)35(4,5)29-19-14-13-18-25(29)2/h13-16,18-21,23-24,38H,3,8-12,17,22H2,1-2,4-7H3/b27-23-,32-24+. The third kappa shape index (κ3) is 5.41. The normalized spacial score (nSPS) is 18.6. The fourth-order valence-corrected chi connectivity index (χ4v) is 6.04. The van der Waals surface area contributed by atoms with Crippen molar-refractivity contribution < 1.29 is 9.90 Å². The van der Waals surface area contributed by atoms with Crippen molar-refractivity contribution in [1.29, 1.82) is 0 Å². The Hall–Kier alpha value is -3.33. The Kier molecular flexibility index (Phi) is 8.39. The fourth-order valence-electron chi connectivity index (χ4n) is 6.04. The van der Waals surface area contributed by atoms with E-state index in [1.165, 1.54) is 54.5 Å². The van der Waals surface area contributed by atoms with Crippen LogP contribution in [0.25, 0.3) is 0 Å². The third-order valence-corrected chi connectivity index (χ3v) is 8.75. The molecule has 0 saturated carbocycles. The van der Waals surface area contributed by atoms with Crippen molar-refractivity contribution in [2.75, 3.05) is 11.4 Å². The summed E-state index contributed by atoms with van der Waals surface area (Å²) in [4.78, 5) is 15.8. The van der Waals surface area contributed by atoms with Gasteiger partial charge in [0.05, 0.1) is 11.1 Å². The Bertz CT molecular complexity index is 1350. The van der Waals surface area contributed by atoms with E-state index in [1.54, 1.807) is 6.08 Å². The minimum absolute atomic E-state index is 0.0699. The van der Waals surface area contributed by atoms with Crippen LogP contribution in [0.1, 0.15) is 89.8 Å². The van der Waals surface area contributed by atoms with Crippen LogP contribution in [-0.2, 0) is 15.6 Å². The number of aryl methyl sites for hydroxylation is 1. The number of aliphatic hydroxyl groups excluding tert-OH is 1. The Morgan fingerprint density at radius 3 is 2.33 bits per heavy atom. The molecule has 39 heavy (non-hydrogen) atoms. The van der Waals surface area contributed by atoms with Crippen LogP contribution >= 0.6 is 0 Å². The van der Waals surface area contributed by atoms with Gasteiger partial charge in [0, 0.05) is 28.8 Å². The molecule has 3 heteroatoms. The maximum Gasteiger partial charge on any atom is 0.200 e. The number of aliphatic hydroxyl groups is 1. The second-order valence-electron chi connectivity index (χ2n) is 12.2. The summed E-state index contributed by atoms with van der Waals surface area (Å²) in [6, 6.07) is 16.8. The highest BCUT2D eigenvalue weighted by Crippen LogP contribution is 2.49. The van der Waals surface area contributed by atoms with E-state index < -0.39 is 0 Å². The maximum absolute atomic E-state index is 13.4. The van der Waals surface area contributed by atoms with E-state index in [4.69, 9.17) is 0 Å². The number of para-hydroxylation sites is 1. The van der Waals surface area contributed by atoms with Gasteiger partial charge in [0.2, 0.25) is 5.78 Å². The Balaban J connectivity index is 1.61. The summed E-state index contributed by atoms with van der Waals surface area (Å²) >= 11 is 0. The molecular formula is C36H45NO2. The summed E-state index contributed by atoms with van der Waals surface area (Å²) in [5.74, 6) is -0.0477. The van der Waals surface area contributed by atoms with Crippen molar-refractivity contribution >= 4 is 11.5 Å². The molecule has 0 fully saturated rings. The molecule has 3 nitrogen and oxygen atoms in total. The summed E-state index contributed by atoms with van der Waals surface area (Å²) < 4.78 is 0. The number of hydrogen-bond acceptors (Lipinski definition) is 3. The van der Waals surface area contributed by atoms with Gasteiger partial charge in [-0.15, -0.1) is 0 Å². The first kappa shape index (κ1) is 28.7. The van der Waals surface area contributed by atoms with Crippen LogP contribution < -0.4 is 4.90 Å². The van der Waals surface area contributed by atoms with Gasteiger partial charge >= 0.3 is 0 Å². The average Bonchev–Trinajstić information content (AvgIpc) is 3.13. The molecular weight excluding hydrogens is 478 g/mol. The zero-order valence-electron chi connectivity index (χ0n) is 24.7. The minimum atomic E-state index is -0.365. The molecule has 0 aromatic heterocycles. The van der Waals surface area contributed by atoms with Crippen LogP contribution in [0.3, 0.4) is 0 Å². The van der Waals surface area contributed by atoms with Crippen LogP contribution in [-0.4, -0.2) is 17.4 Å². The molecule has 1 aliphatic carbocycles. The van der Waals surface area contributed by atoms with Gasteiger partial charge in [0.15, 0.2) is 0 Å². The first-order chi connectivity index (χ1) is 18.5. The maximum atomic E-state index is 13.4. The summed E-state index contributed by atoms with van der Waals surface area (Å²) in [6.45, 7) is 18.2. The quantitative estimate of drug-likeness (QED) is 0.236. The number of rotatable bonds is 11. The number of fused-ring (bicyclic) bond motifs is 1. The second-order valence-corrected chi connectivity index (χ2v) is 12.2. The third-order valence-electron chi connectivity index (χ3n) is 8.75. The number of anilines is 1. The van der Waals surface area contributed by atoms with Crippen molar-refractivity contribution in [2.24, 2.45) is 0 Å². The summed E-state index contributed by atoms with van der Waals surface area (Å²) in [5, 5.41) is 11.1. The van der Waals surface area contributed by atoms with E-state index in [-0.39, 0.29) is 22.4 Å². The van der Waals surface area contributed by atoms with Gasteiger partial charge in [0.25, 0.3) is 0 Å². The number of carbonyl (C=O) groups is 1. The summed E-state index contributed by atoms with van der Waals surface area (Å²) in [5.41, 5.74) is 6.81. The Morgan fingerprint density at radius 2 is 1.64 bits per heavy atom. The lowest BCUT2D eigenvalue weighted by Gasteiger charge is -2.31. The molecule has 0 spiro atoms. The fraction of sp³-hybridized carbons (Fsp3) is 0.417. The molecule has 0 radical (unpaired) electrons. The first-order valence-corrected chi connectivity index (χ1v) is 14.6. The highest BCUT2D eigenvalue weighted by molar-refractivity contribution is 6.21. The Labute approximate surface area is 235 Å². The van der Waals surface area contributed by atoms with Gasteiger partial charge in [-0.25, -0.2) is 0 Å². The Morgan fingerprint density at radius 1 is 1.00 bits per heavy atom. The number of carbonyl (C=O) groups excluding carboxylic acids is 1. The number of benzene rings is 2. The van der Waals surface area contributed by atoms with Gasteiger partial charge in [-0.2, -0.15) is 0 Å². The first-order valence-electron chi connectivity index (χ1n) is 14.6. The van der Waals surface area contributed by atoms with Crippen LogP contribution in [0.5, 0.6) is 0 Å². The molecule has 4 rings (SSSR count). The second kappa shape index (κ2) is 11.4. The smallest absolute Gasteiger partial charge is 0.200 e. The summed E-state index contributed by atoms with van der Waals surface area (Å²) in [7, 11) is 0. The number of nitrogens with zero attached hydrogens (tertiary/aromatic N) is 1. The SMILES string of the molecule is C=C(/C=C1\C(=O)C(/C=C2/N(CCCCCCCC)c3ccccc3C2(C)C)=C1O)C(C)(C)c1ccccc1C. The number of ketones is 1. The summed E-state index contributed by atoms with van der Waals surface area (Å²) in [6.07, 6.45) is 11.1. The van der Waals surface area contributed by atoms with E-state index in [2.05, 4.69) is 89.4 Å². The van der Waals surface area contributed by atoms with E-state index in [1.807, 2.05) is 18.2 Å². The molecule has 0 unspecified atom stereocenters. The molecule has 2 aromatic rings. The molecule has 1 N–H and O–H groups in total. The number of Topliss-reactive ketones (excluding diaryl/α,β-unsaturated/α-hetero) is 1. The number of hydrogen-bond donors (Lipinski definition) is 1. The molecule has 0 saturated heterocycles. The van der Waals surface area contributed by atoms with E-state index >= 15 is 0 Å². The molecule has 1 aliphatic heterocycles. The lowest BCUT2D eigenvalue weighted by molar-refractivity contribution is -0.113. The molecule has 0 amide bonds. The molecule has 0 atom stereocenters. The van der Waals surface area contributed by atoms with Crippen molar-refractivity contribution in [2.45, 2.75) is 90.9 Å². The van der Waals surface area contributed by atoms with Crippen molar-refractivity contribution in [3.8, 4) is 0 Å². The van der Waals surface area contributed by atoms with Crippen LogP contribution in [0.4, 0.5) is 5.69 Å². The van der Waals surface area contributed by atoms with Gasteiger partial charge in [-0.1, -0.05) is 116 Å². The zero-order chi connectivity index (χ0) is 28.4. The average molecular weight is 524 g/mol. The zero-order valence-corrected chi connectivity index (χ0v) is 24.7. The molecule has 2 aliphatic rings. The van der Waals surface area contributed by atoms with Gasteiger partial charge in [-0.05, 0) is 53.8 Å². The highest BCUT2D eigenvalue weighted by atomic mass is 16.3. The molecule has 206 valence electrons. The van der Waals surface area contributed by atoms with E-state index in [9.17, 15) is 9.90 Å². The van der Waals surface area contributed by atoms with E-state index in [0.717, 1.165) is 24.2 Å². The van der Waals surface area contributed by atoms with E-state index in [0.29, 0.717) is 11.1 Å².